The van der Waals surface area contributed by atoms with Gasteiger partial charge < -0.3 is 14.1 Å². The standard InChI is InChI=1S/C17H13BrF2N2O3S/c18-14-2-1-12(25-14)16(23)22-5-3-10(4-6-22)24-17-21-15-11(20)7-9(19)8-13(15)26-17/h1-2,7-8,10H,3-6H2. The molecule has 9 heteroatoms. The zero-order chi connectivity index (χ0) is 18.3. The second kappa shape index (κ2) is 6.96. The molecule has 4 rings (SSSR count). The molecule has 0 bridgehead atoms. The zero-order valence-electron chi connectivity index (χ0n) is 13.4. The predicted octanol–water partition coefficient (Wildman–Crippen LogP) is 4.61. The van der Waals surface area contributed by atoms with Crippen LogP contribution in [0.3, 0.4) is 0 Å². The largest absolute Gasteiger partial charge is 0.467 e. The van der Waals surface area contributed by atoms with Gasteiger partial charge in [0, 0.05) is 32.0 Å². The fourth-order valence-electron chi connectivity index (χ4n) is 2.89. The molecule has 5 nitrogen and oxygen atoms in total. The Morgan fingerprint density at radius 2 is 2.08 bits per heavy atom. The highest BCUT2D eigenvalue weighted by Crippen LogP contribution is 2.32. The number of likely N-dealkylation sites (tertiary alicyclic amines) is 1. The molecule has 1 aliphatic rings. The quantitative estimate of drug-likeness (QED) is 0.593. The first-order valence-electron chi connectivity index (χ1n) is 7.96. The van der Waals surface area contributed by atoms with E-state index in [4.69, 9.17) is 9.15 Å². The molecule has 26 heavy (non-hydrogen) atoms. The third kappa shape index (κ3) is 3.45. The van der Waals surface area contributed by atoms with Crippen LogP contribution in [0.4, 0.5) is 8.78 Å². The van der Waals surface area contributed by atoms with Gasteiger partial charge in [0.25, 0.3) is 11.1 Å². The lowest BCUT2D eigenvalue weighted by Gasteiger charge is -2.31. The van der Waals surface area contributed by atoms with Crippen molar-refractivity contribution in [1.82, 2.24) is 9.88 Å². The highest BCUT2D eigenvalue weighted by atomic mass is 79.9. The maximum absolute atomic E-state index is 13.7. The molecule has 136 valence electrons. The Balaban J connectivity index is 1.39. The highest BCUT2D eigenvalue weighted by Gasteiger charge is 2.27. The molecule has 0 radical (unpaired) electrons. The average molecular weight is 443 g/mol. The van der Waals surface area contributed by atoms with Gasteiger partial charge in [-0.25, -0.2) is 8.78 Å². The Kier molecular flexibility index (Phi) is 4.66. The van der Waals surface area contributed by atoms with Gasteiger partial charge in [0.05, 0.1) is 4.70 Å². The number of hydrogen-bond acceptors (Lipinski definition) is 5. The van der Waals surface area contributed by atoms with Crippen LogP contribution in [-0.4, -0.2) is 35.0 Å². The number of ether oxygens (including phenoxy) is 1. The van der Waals surface area contributed by atoms with Crippen LogP contribution in [0, 0.1) is 11.6 Å². The van der Waals surface area contributed by atoms with E-state index in [9.17, 15) is 13.6 Å². The summed E-state index contributed by atoms with van der Waals surface area (Å²) in [7, 11) is 0. The molecule has 0 spiro atoms. The van der Waals surface area contributed by atoms with Crippen molar-refractivity contribution in [1.29, 1.82) is 0 Å². The molecule has 1 saturated heterocycles. The fourth-order valence-corrected chi connectivity index (χ4v) is 4.12. The number of benzene rings is 1. The molecule has 1 amide bonds. The first-order valence-corrected chi connectivity index (χ1v) is 9.57. The first kappa shape index (κ1) is 17.4. The summed E-state index contributed by atoms with van der Waals surface area (Å²) in [6, 6.07) is 5.36. The van der Waals surface area contributed by atoms with E-state index in [2.05, 4.69) is 20.9 Å². The summed E-state index contributed by atoms with van der Waals surface area (Å²) in [6.07, 6.45) is 1.12. The minimum absolute atomic E-state index is 0.113. The van der Waals surface area contributed by atoms with E-state index >= 15 is 0 Å². The van der Waals surface area contributed by atoms with Gasteiger partial charge in [-0.1, -0.05) is 11.3 Å². The van der Waals surface area contributed by atoms with Crippen molar-refractivity contribution < 1.29 is 22.7 Å². The second-order valence-electron chi connectivity index (χ2n) is 5.93. The lowest BCUT2D eigenvalue weighted by Crippen LogP contribution is -2.41. The van der Waals surface area contributed by atoms with Crippen LogP contribution in [0.5, 0.6) is 5.19 Å². The molecule has 1 fully saturated rings. The van der Waals surface area contributed by atoms with Gasteiger partial charge >= 0.3 is 0 Å². The topological polar surface area (TPSA) is 55.6 Å². The van der Waals surface area contributed by atoms with Crippen molar-refractivity contribution in [3.05, 3.63) is 46.3 Å². The number of piperidine rings is 1. The molecule has 3 aromatic rings. The summed E-state index contributed by atoms with van der Waals surface area (Å²) >= 11 is 4.29. The fraction of sp³-hybridized carbons (Fsp3) is 0.294. The number of fused-ring (bicyclic) bond motifs is 1. The number of thiazole rings is 1. The molecule has 0 unspecified atom stereocenters. The molecule has 2 aromatic heterocycles. The predicted molar refractivity (Wildman–Crippen MR) is 95.5 cm³/mol. The Morgan fingerprint density at radius 3 is 2.77 bits per heavy atom. The lowest BCUT2D eigenvalue weighted by molar-refractivity contribution is 0.0565. The molecular weight excluding hydrogens is 430 g/mol. The van der Waals surface area contributed by atoms with Gasteiger partial charge in [0.2, 0.25) is 0 Å². The number of nitrogens with zero attached hydrogens (tertiary/aromatic N) is 2. The van der Waals surface area contributed by atoms with Gasteiger partial charge in [-0.05, 0) is 34.1 Å². The van der Waals surface area contributed by atoms with Crippen molar-refractivity contribution in [3.8, 4) is 5.19 Å². The number of carbonyl (C=O) groups excluding carboxylic acids is 1. The van der Waals surface area contributed by atoms with Gasteiger partial charge in [0.15, 0.2) is 16.2 Å². The minimum Gasteiger partial charge on any atom is -0.467 e. The monoisotopic (exact) mass is 442 g/mol. The van der Waals surface area contributed by atoms with E-state index in [0.29, 0.717) is 46.3 Å². The Labute approximate surface area is 159 Å². The van der Waals surface area contributed by atoms with Crippen LogP contribution in [0.15, 0.2) is 33.4 Å². The van der Waals surface area contributed by atoms with Crippen molar-refractivity contribution >= 4 is 43.4 Å². The number of furan rings is 1. The molecular formula is C17H13BrF2N2O3S. The molecule has 0 saturated carbocycles. The number of aromatic nitrogens is 1. The van der Waals surface area contributed by atoms with Crippen LogP contribution in [0.25, 0.3) is 10.2 Å². The lowest BCUT2D eigenvalue weighted by atomic mass is 10.1. The van der Waals surface area contributed by atoms with Crippen LogP contribution in [0.2, 0.25) is 0 Å². The normalized spacial score (nSPS) is 15.6. The van der Waals surface area contributed by atoms with E-state index in [1.165, 1.54) is 6.07 Å². The Hall–Kier alpha value is -2.00. The maximum atomic E-state index is 13.7. The number of rotatable bonds is 3. The molecule has 0 N–H and O–H groups in total. The van der Waals surface area contributed by atoms with Crippen LogP contribution in [-0.2, 0) is 0 Å². The summed E-state index contributed by atoms with van der Waals surface area (Å²) in [5.41, 5.74) is 0.113. The third-order valence-corrected chi connectivity index (χ3v) is 5.49. The van der Waals surface area contributed by atoms with E-state index in [1.807, 2.05) is 0 Å². The highest BCUT2D eigenvalue weighted by molar-refractivity contribution is 9.10. The first-order chi connectivity index (χ1) is 12.5. The molecule has 1 aromatic carbocycles. The van der Waals surface area contributed by atoms with Crippen LogP contribution >= 0.6 is 27.3 Å². The van der Waals surface area contributed by atoms with E-state index in [-0.39, 0.29) is 17.5 Å². The number of hydrogen-bond donors (Lipinski definition) is 0. The molecule has 0 atom stereocenters. The summed E-state index contributed by atoms with van der Waals surface area (Å²) in [5, 5.41) is 0.309. The number of carbonyl (C=O) groups is 1. The molecule has 1 aliphatic heterocycles. The Bertz CT molecular complexity index is 966. The van der Waals surface area contributed by atoms with Gasteiger partial charge in [-0.3, -0.25) is 4.79 Å². The SMILES string of the molecule is O=C(c1ccc(Br)o1)N1CCC(Oc2nc3c(F)cc(F)cc3s2)CC1. The van der Waals surface area contributed by atoms with Gasteiger partial charge in [0.1, 0.15) is 17.4 Å². The number of halogens is 3. The summed E-state index contributed by atoms with van der Waals surface area (Å²) < 4.78 is 39.1. The third-order valence-electron chi connectivity index (χ3n) is 4.17. The van der Waals surface area contributed by atoms with Crippen LogP contribution < -0.4 is 4.74 Å². The Morgan fingerprint density at radius 1 is 1.31 bits per heavy atom. The van der Waals surface area contributed by atoms with Crippen LogP contribution in [0.1, 0.15) is 23.4 Å². The number of amides is 1. The second-order valence-corrected chi connectivity index (χ2v) is 7.70. The van der Waals surface area contributed by atoms with E-state index in [1.54, 1.807) is 17.0 Å². The molecule has 3 heterocycles. The van der Waals surface area contributed by atoms with Crippen molar-refractivity contribution in [2.24, 2.45) is 0 Å². The van der Waals surface area contributed by atoms with Gasteiger partial charge in [-0.15, -0.1) is 0 Å². The van der Waals surface area contributed by atoms with Crippen molar-refractivity contribution in [2.45, 2.75) is 18.9 Å². The van der Waals surface area contributed by atoms with Crippen molar-refractivity contribution in [3.63, 3.8) is 0 Å². The smallest absolute Gasteiger partial charge is 0.289 e. The summed E-state index contributed by atoms with van der Waals surface area (Å²) in [6.45, 7) is 1.05. The zero-order valence-corrected chi connectivity index (χ0v) is 15.8. The minimum atomic E-state index is -0.698. The van der Waals surface area contributed by atoms with Gasteiger partial charge in [-0.2, -0.15) is 4.98 Å². The maximum Gasteiger partial charge on any atom is 0.289 e. The van der Waals surface area contributed by atoms with Crippen molar-refractivity contribution in [2.75, 3.05) is 13.1 Å². The summed E-state index contributed by atoms with van der Waals surface area (Å²) in [5.74, 6) is -1.20. The van der Waals surface area contributed by atoms with E-state index in [0.717, 1.165) is 17.4 Å². The molecule has 0 aliphatic carbocycles. The summed E-state index contributed by atoms with van der Waals surface area (Å²) in [4.78, 5) is 18.2. The average Bonchev–Trinajstić information content (AvgIpc) is 3.21. The van der Waals surface area contributed by atoms with E-state index < -0.39 is 11.6 Å².